The maximum Gasteiger partial charge on any atom is 0.308 e. The monoisotopic (exact) mass is 483 g/mol. The lowest BCUT2D eigenvalue weighted by Gasteiger charge is -2.36. The van der Waals surface area contributed by atoms with Gasteiger partial charge in [0.2, 0.25) is 5.91 Å². The number of ether oxygens (including phenoxy) is 2. The van der Waals surface area contributed by atoms with E-state index in [9.17, 15) is 14.4 Å². The summed E-state index contributed by atoms with van der Waals surface area (Å²) in [4.78, 5) is 39.2. The molecule has 1 saturated heterocycles. The van der Waals surface area contributed by atoms with E-state index in [-0.39, 0.29) is 24.0 Å². The Kier molecular flexibility index (Phi) is 9.40. The van der Waals surface area contributed by atoms with Crippen LogP contribution in [0.2, 0.25) is 0 Å². The molecule has 0 radical (unpaired) electrons. The molecule has 1 atom stereocenters. The molecule has 2 aromatic carbocycles. The second-order valence-electron chi connectivity index (χ2n) is 7.84. The van der Waals surface area contributed by atoms with Crippen LogP contribution in [-0.4, -0.2) is 53.5 Å². The molecule has 180 valence electrons. The summed E-state index contributed by atoms with van der Waals surface area (Å²) in [5.41, 5.74) is 1.24. The Bertz CT molecular complexity index is 1010. The lowest BCUT2D eigenvalue weighted by Crippen LogP contribution is -2.60. The predicted molar refractivity (Wildman–Crippen MR) is 131 cm³/mol. The van der Waals surface area contributed by atoms with Crippen molar-refractivity contribution in [3.05, 3.63) is 65.7 Å². The van der Waals surface area contributed by atoms with Crippen LogP contribution in [0.3, 0.4) is 0 Å². The van der Waals surface area contributed by atoms with Crippen LogP contribution in [0.15, 0.2) is 54.6 Å². The number of rotatable bonds is 9. The van der Waals surface area contributed by atoms with Crippen LogP contribution in [0.5, 0.6) is 5.75 Å². The molecule has 1 heterocycles. The number of piperazine rings is 1. The van der Waals surface area contributed by atoms with Crippen molar-refractivity contribution in [1.82, 2.24) is 15.5 Å². The van der Waals surface area contributed by atoms with Crippen molar-refractivity contribution in [1.29, 1.82) is 0 Å². The predicted octanol–water partition coefficient (Wildman–Crippen LogP) is 2.81. The van der Waals surface area contributed by atoms with Gasteiger partial charge in [0.1, 0.15) is 18.4 Å². The summed E-state index contributed by atoms with van der Waals surface area (Å²) >= 11 is 5.42. The van der Waals surface area contributed by atoms with Crippen LogP contribution in [0.1, 0.15) is 42.1 Å². The fraction of sp³-hybridized carbons (Fsp3) is 0.360. The number of esters is 1. The topological polar surface area (TPSA) is 97.0 Å². The maximum absolute atomic E-state index is 12.8. The zero-order valence-corrected chi connectivity index (χ0v) is 19.9. The molecule has 34 heavy (non-hydrogen) atoms. The molecule has 1 fully saturated rings. The van der Waals surface area contributed by atoms with Gasteiger partial charge in [-0.3, -0.25) is 19.7 Å². The quantitative estimate of drug-likeness (QED) is 0.322. The molecule has 0 saturated carbocycles. The van der Waals surface area contributed by atoms with Crippen molar-refractivity contribution in [2.24, 2.45) is 0 Å². The van der Waals surface area contributed by atoms with Gasteiger partial charge in [-0.15, -0.1) is 0 Å². The molecule has 2 amide bonds. The molecular formula is C25H29N3O5S. The number of nitrogens with zero attached hydrogens (tertiary/aromatic N) is 1. The lowest BCUT2D eigenvalue weighted by molar-refractivity contribution is -0.148. The summed E-state index contributed by atoms with van der Waals surface area (Å²) in [7, 11) is 0. The molecule has 0 spiro atoms. The SMILES string of the molecule is CCCCOc1cccc(C(=O)NC(=S)N2CCNC(=O)C2CC(=O)OCc2ccccc2)c1. The minimum absolute atomic E-state index is 0.0815. The zero-order chi connectivity index (χ0) is 24.3. The van der Waals surface area contributed by atoms with E-state index in [4.69, 9.17) is 21.7 Å². The number of nitrogens with one attached hydrogen (secondary N) is 2. The van der Waals surface area contributed by atoms with Crippen LogP contribution in [0, 0.1) is 0 Å². The lowest BCUT2D eigenvalue weighted by atomic mass is 10.1. The summed E-state index contributed by atoms with van der Waals surface area (Å²) in [5, 5.41) is 5.49. The van der Waals surface area contributed by atoms with Crippen LogP contribution in [0.25, 0.3) is 0 Å². The third-order valence-corrected chi connectivity index (χ3v) is 5.61. The molecule has 2 N–H and O–H groups in total. The highest BCUT2D eigenvalue weighted by Crippen LogP contribution is 2.15. The van der Waals surface area contributed by atoms with Crippen molar-refractivity contribution < 1.29 is 23.9 Å². The Morgan fingerprint density at radius 3 is 2.74 bits per heavy atom. The molecule has 8 nitrogen and oxygen atoms in total. The third kappa shape index (κ3) is 7.28. The first-order chi connectivity index (χ1) is 16.5. The van der Waals surface area contributed by atoms with E-state index < -0.39 is 17.9 Å². The van der Waals surface area contributed by atoms with Gasteiger partial charge in [0.15, 0.2) is 5.11 Å². The van der Waals surface area contributed by atoms with E-state index in [0.717, 1.165) is 18.4 Å². The summed E-state index contributed by atoms with van der Waals surface area (Å²) in [6.07, 6.45) is 1.75. The molecule has 0 aliphatic carbocycles. The second kappa shape index (κ2) is 12.7. The maximum atomic E-state index is 12.8. The van der Waals surface area contributed by atoms with Crippen molar-refractivity contribution in [3.8, 4) is 5.75 Å². The van der Waals surface area contributed by atoms with Crippen LogP contribution < -0.4 is 15.4 Å². The van der Waals surface area contributed by atoms with Gasteiger partial charge in [-0.2, -0.15) is 0 Å². The highest BCUT2D eigenvalue weighted by molar-refractivity contribution is 7.80. The average Bonchev–Trinajstić information content (AvgIpc) is 2.85. The summed E-state index contributed by atoms with van der Waals surface area (Å²) in [6, 6.07) is 15.2. The zero-order valence-electron chi connectivity index (χ0n) is 19.1. The first-order valence-electron chi connectivity index (χ1n) is 11.3. The first-order valence-corrected chi connectivity index (χ1v) is 11.7. The van der Waals surface area contributed by atoms with E-state index in [2.05, 4.69) is 17.6 Å². The van der Waals surface area contributed by atoms with E-state index in [1.165, 1.54) is 0 Å². The standard InChI is InChI=1S/C25H29N3O5S/c1-2-3-14-32-20-11-7-10-19(15-20)23(30)27-25(34)28-13-12-26-24(31)21(28)16-22(29)33-17-18-8-5-4-6-9-18/h4-11,15,21H,2-3,12-14,16-17H2,1H3,(H,26,31)(H,27,30,34). The van der Waals surface area contributed by atoms with Gasteiger partial charge in [-0.25, -0.2) is 0 Å². The van der Waals surface area contributed by atoms with E-state index in [1.807, 2.05) is 30.3 Å². The molecule has 1 aliphatic heterocycles. The molecular weight excluding hydrogens is 454 g/mol. The minimum atomic E-state index is -0.867. The number of amides is 2. The van der Waals surface area contributed by atoms with Crippen molar-refractivity contribution in [3.63, 3.8) is 0 Å². The molecule has 9 heteroatoms. The van der Waals surface area contributed by atoms with E-state index in [1.54, 1.807) is 29.2 Å². The Balaban J connectivity index is 1.59. The minimum Gasteiger partial charge on any atom is -0.494 e. The van der Waals surface area contributed by atoms with Gasteiger partial charge in [0.25, 0.3) is 5.91 Å². The second-order valence-corrected chi connectivity index (χ2v) is 8.23. The largest absolute Gasteiger partial charge is 0.494 e. The number of unbranched alkanes of at least 4 members (excludes halogenated alkanes) is 1. The molecule has 0 aromatic heterocycles. The molecule has 3 rings (SSSR count). The molecule has 1 aliphatic rings. The van der Waals surface area contributed by atoms with Gasteiger partial charge in [-0.1, -0.05) is 49.7 Å². The summed E-state index contributed by atoms with van der Waals surface area (Å²) < 4.78 is 11.0. The Morgan fingerprint density at radius 1 is 1.18 bits per heavy atom. The number of thiocarbonyl (C=S) groups is 1. The van der Waals surface area contributed by atoms with Gasteiger partial charge in [0, 0.05) is 18.7 Å². The van der Waals surface area contributed by atoms with Gasteiger partial charge in [-0.05, 0) is 42.4 Å². The van der Waals surface area contributed by atoms with Crippen LogP contribution in [0.4, 0.5) is 0 Å². The first kappa shape index (κ1) is 25.2. The fourth-order valence-electron chi connectivity index (χ4n) is 3.42. The highest BCUT2D eigenvalue weighted by atomic mass is 32.1. The Morgan fingerprint density at radius 2 is 1.97 bits per heavy atom. The normalized spacial score (nSPS) is 15.3. The molecule has 0 bridgehead atoms. The summed E-state index contributed by atoms with van der Waals surface area (Å²) in [5.74, 6) is -0.682. The van der Waals surface area contributed by atoms with Gasteiger partial charge < -0.3 is 19.7 Å². The van der Waals surface area contributed by atoms with Crippen molar-refractivity contribution >= 4 is 35.1 Å². The summed E-state index contributed by atoms with van der Waals surface area (Å²) in [6.45, 7) is 3.48. The van der Waals surface area contributed by atoms with Gasteiger partial charge >= 0.3 is 5.97 Å². The fourth-order valence-corrected chi connectivity index (χ4v) is 3.73. The highest BCUT2D eigenvalue weighted by Gasteiger charge is 2.34. The van der Waals surface area contributed by atoms with Crippen molar-refractivity contribution in [2.75, 3.05) is 19.7 Å². The average molecular weight is 484 g/mol. The smallest absolute Gasteiger partial charge is 0.308 e. The molecule has 1 unspecified atom stereocenters. The molecule has 2 aromatic rings. The number of carbonyl (C=O) groups is 3. The van der Waals surface area contributed by atoms with Crippen LogP contribution >= 0.6 is 12.2 Å². The van der Waals surface area contributed by atoms with E-state index >= 15 is 0 Å². The van der Waals surface area contributed by atoms with E-state index in [0.29, 0.717) is 31.0 Å². The number of hydrogen-bond acceptors (Lipinski definition) is 6. The number of benzene rings is 2. The van der Waals surface area contributed by atoms with Crippen LogP contribution in [-0.2, 0) is 20.9 Å². The van der Waals surface area contributed by atoms with Crippen molar-refractivity contribution in [2.45, 2.75) is 38.8 Å². The third-order valence-electron chi connectivity index (χ3n) is 5.28. The number of carbonyl (C=O) groups excluding carboxylic acids is 3. The van der Waals surface area contributed by atoms with Gasteiger partial charge in [0.05, 0.1) is 13.0 Å². The Labute approximate surface area is 204 Å². The number of hydrogen-bond donors (Lipinski definition) is 2. The Hall–Kier alpha value is -3.46.